The van der Waals surface area contributed by atoms with Gasteiger partial charge in [0.2, 0.25) is 0 Å². The van der Waals surface area contributed by atoms with Gasteiger partial charge in [-0.2, -0.15) is 4.58 Å². The SMILES string of the molecule is C=[N+](C(C)=O)C(c1cccnc1)C1CC1. The lowest BCUT2D eigenvalue weighted by Crippen LogP contribution is -2.23. The summed E-state index contributed by atoms with van der Waals surface area (Å²) in [6.45, 7) is 5.39. The second-order valence-electron chi connectivity index (χ2n) is 4.06. The summed E-state index contributed by atoms with van der Waals surface area (Å²) >= 11 is 0. The van der Waals surface area contributed by atoms with Crippen LogP contribution in [0.2, 0.25) is 0 Å². The lowest BCUT2D eigenvalue weighted by atomic mass is 10.0. The Hall–Kier alpha value is -1.51. The second-order valence-corrected chi connectivity index (χ2v) is 4.06. The van der Waals surface area contributed by atoms with Crippen LogP contribution < -0.4 is 0 Å². The Morgan fingerprint density at radius 3 is 2.87 bits per heavy atom. The Kier molecular flexibility index (Phi) is 2.62. The lowest BCUT2D eigenvalue weighted by molar-refractivity contribution is -0.490. The number of amides is 1. The van der Waals surface area contributed by atoms with Crippen LogP contribution >= 0.6 is 0 Å². The van der Waals surface area contributed by atoms with Crippen LogP contribution in [0.5, 0.6) is 0 Å². The molecule has 0 aromatic carbocycles. The molecule has 2 rings (SSSR count). The molecular formula is C12H15N2O+. The van der Waals surface area contributed by atoms with Crippen LogP contribution in [0.15, 0.2) is 24.5 Å². The van der Waals surface area contributed by atoms with Crippen molar-refractivity contribution in [1.29, 1.82) is 0 Å². The summed E-state index contributed by atoms with van der Waals surface area (Å²) < 4.78 is 1.58. The minimum atomic E-state index is 0.00996. The molecule has 1 saturated carbocycles. The van der Waals surface area contributed by atoms with Gasteiger partial charge >= 0.3 is 5.91 Å². The quantitative estimate of drug-likeness (QED) is 0.554. The molecule has 0 bridgehead atoms. The fourth-order valence-electron chi connectivity index (χ4n) is 1.87. The summed E-state index contributed by atoms with van der Waals surface area (Å²) in [6, 6.07) is 4.02. The molecule has 1 aliphatic rings. The summed E-state index contributed by atoms with van der Waals surface area (Å²) in [5, 5.41) is 0. The fraction of sp³-hybridized carbons (Fsp3) is 0.417. The van der Waals surface area contributed by atoms with Crippen molar-refractivity contribution in [3.05, 3.63) is 30.1 Å². The number of carbonyl (C=O) groups is 1. The van der Waals surface area contributed by atoms with Gasteiger partial charge in [0.05, 0.1) is 6.92 Å². The van der Waals surface area contributed by atoms with Gasteiger partial charge in [-0.25, -0.2) is 4.79 Å². The van der Waals surface area contributed by atoms with E-state index in [0.717, 1.165) is 5.56 Å². The smallest absolute Gasteiger partial charge is 0.264 e. The Bertz CT molecular complexity index is 382. The maximum Gasteiger partial charge on any atom is 0.383 e. The van der Waals surface area contributed by atoms with E-state index in [4.69, 9.17) is 0 Å². The second kappa shape index (κ2) is 3.93. The van der Waals surface area contributed by atoms with Crippen molar-refractivity contribution in [2.75, 3.05) is 0 Å². The van der Waals surface area contributed by atoms with E-state index in [0.29, 0.717) is 5.92 Å². The first-order chi connectivity index (χ1) is 7.20. The lowest BCUT2D eigenvalue weighted by Gasteiger charge is -2.11. The van der Waals surface area contributed by atoms with Crippen molar-refractivity contribution in [2.24, 2.45) is 5.92 Å². The number of aromatic nitrogens is 1. The van der Waals surface area contributed by atoms with Crippen LogP contribution in [0.25, 0.3) is 0 Å². The van der Waals surface area contributed by atoms with Gasteiger partial charge in [-0.1, -0.05) is 0 Å². The van der Waals surface area contributed by atoms with Gasteiger partial charge in [-0.3, -0.25) is 4.98 Å². The summed E-state index contributed by atoms with van der Waals surface area (Å²) in [6.07, 6.45) is 5.93. The Labute approximate surface area is 89.5 Å². The van der Waals surface area contributed by atoms with Gasteiger partial charge in [0.1, 0.15) is 6.72 Å². The highest BCUT2D eigenvalue weighted by Crippen LogP contribution is 2.42. The van der Waals surface area contributed by atoms with Crippen molar-refractivity contribution in [2.45, 2.75) is 25.8 Å². The zero-order valence-corrected chi connectivity index (χ0v) is 8.89. The average Bonchev–Trinajstić information content (AvgIpc) is 3.04. The number of rotatable bonds is 3. The molecule has 3 nitrogen and oxygen atoms in total. The predicted octanol–water partition coefficient (Wildman–Crippen LogP) is 1.79. The third-order valence-electron chi connectivity index (χ3n) is 2.83. The fourth-order valence-corrected chi connectivity index (χ4v) is 1.87. The van der Waals surface area contributed by atoms with Crippen molar-refractivity contribution >= 4 is 12.6 Å². The highest BCUT2D eigenvalue weighted by molar-refractivity contribution is 5.66. The van der Waals surface area contributed by atoms with E-state index >= 15 is 0 Å². The first-order valence-electron chi connectivity index (χ1n) is 5.20. The van der Waals surface area contributed by atoms with Gasteiger partial charge in [0.15, 0.2) is 6.04 Å². The Morgan fingerprint density at radius 1 is 1.67 bits per heavy atom. The maximum atomic E-state index is 11.3. The first kappa shape index (κ1) is 10.0. The van der Waals surface area contributed by atoms with Gasteiger partial charge in [-0.15, -0.1) is 0 Å². The van der Waals surface area contributed by atoms with Crippen molar-refractivity contribution in [3.8, 4) is 0 Å². The maximum absolute atomic E-state index is 11.3. The average molecular weight is 203 g/mol. The molecule has 1 aromatic heterocycles. The van der Waals surface area contributed by atoms with Crippen LogP contribution in [0, 0.1) is 5.92 Å². The van der Waals surface area contributed by atoms with Crippen LogP contribution in [-0.2, 0) is 4.79 Å². The van der Waals surface area contributed by atoms with Gasteiger partial charge < -0.3 is 0 Å². The third kappa shape index (κ3) is 2.12. The van der Waals surface area contributed by atoms with E-state index < -0.39 is 0 Å². The largest absolute Gasteiger partial charge is 0.383 e. The molecule has 1 amide bonds. The molecule has 78 valence electrons. The van der Waals surface area contributed by atoms with Crippen molar-refractivity contribution < 1.29 is 9.37 Å². The first-order valence-corrected chi connectivity index (χ1v) is 5.20. The highest BCUT2D eigenvalue weighted by atomic mass is 16.2. The topological polar surface area (TPSA) is 33.0 Å². The number of hydrogen-bond donors (Lipinski definition) is 0. The van der Waals surface area contributed by atoms with Crippen LogP contribution in [-0.4, -0.2) is 22.2 Å². The summed E-state index contributed by atoms with van der Waals surface area (Å²) in [5.41, 5.74) is 1.09. The molecule has 1 aromatic rings. The molecule has 1 heterocycles. The van der Waals surface area contributed by atoms with E-state index in [9.17, 15) is 4.79 Å². The van der Waals surface area contributed by atoms with Crippen molar-refractivity contribution in [1.82, 2.24) is 4.98 Å². The van der Waals surface area contributed by atoms with Crippen LogP contribution in [0.3, 0.4) is 0 Å². The highest BCUT2D eigenvalue weighted by Gasteiger charge is 2.41. The van der Waals surface area contributed by atoms with Crippen LogP contribution in [0.4, 0.5) is 0 Å². The summed E-state index contributed by atoms with van der Waals surface area (Å²) in [7, 11) is 0. The molecule has 3 heteroatoms. The van der Waals surface area contributed by atoms with Crippen LogP contribution in [0.1, 0.15) is 31.4 Å². The number of nitrogens with zero attached hydrogens (tertiary/aromatic N) is 2. The minimum absolute atomic E-state index is 0.00996. The standard InChI is InChI=1S/C12H15N2O/c1-9(15)14(2)12(10-5-6-10)11-4-3-7-13-8-11/h3-4,7-8,10,12H,2,5-6H2,1H3/q+1. The molecule has 1 unspecified atom stereocenters. The molecule has 0 radical (unpaired) electrons. The molecule has 0 saturated heterocycles. The normalized spacial score (nSPS) is 17.1. The molecular weight excluding hydrogens is 188 g/mol. The Morgan fingerprint density at radius 2 is 2.40 bits per heavy atom. The molecule has 0 spiro atoms. The summed E-state index contributed by atoms with van der Waals surface area (Å²) in [4.78, 5) is 15.4. The van der Waals surface area contributed by atoms with Crippen molar-refractivity contribution in [3.63, 3.8) is 0 Å². The number of carbonyl (C=O) groups excluding carboxylic acids is 1. The molecule has 0 aliphatic heterocycles. The van der Waals surface area contributed by atoms with Gasteiger partial charge in [0.25, 0.3) is 0 Å². The minimum Gasteiger partial charge on any atom is -0.264 e. The summed E-state index contributed by atoms with van der Waals surface area (Å²) in [5.74, 6) is 0.575. The molecule has 1 aliphatic carbocycles. The predicted molar refractivity (Wildman–Crippen MR) is 57.8 cm³/mol. The number of hydrogen-bond acceptors (Lipinski definition) is 2. The number of pyridine rings is 1. The molecule has 1 fully saturated rings. The van der Waals surface area contributed by atoms with Gasteiger partial charge in [-0.05, 0) is 25.0 Å². The zero-order valence-electron chi connectivity index (χ0n) is 8.89. The molecule has 0 N–H and O–H groups in total. The van der Waals surface area contributed by atoms with E-state index in [2.05, 4.69) is 11.7 Å². The van der Waals surface area contributed by atoms with E-state index in [1.54, 1.807) is 17.7 Å². The van der Waals surface area contributed by atoms with E-state index in [1.165, 1.54) is 12.8 Å². The van der Waals surface area contributed by atoms with E-state index in [1.807, 2.05) is 18.3 Å². The zero-order chi connectivity index (χ0) is 10.8. The van der Waals surface area contributed by atoms with Gasteiger partial charge in [0, 0.05) is 23.9 Å². The third-order valence-corrected chi connectivity index (χ3v) is 2.83. The molecule has 1 atom stereocenters. The Balaban J connectivity index is 2.28. The monoisotopic (exact) mass is 203 g/mol. The molecule has 15 heavy (non-hydrogen) atoms. The van der Waals surface area contributed by atoms with E-state index in [-0.39, 0.29) is 11.9 Å².